The molecule has 17 heavy (non-hydrogen) atoms. The summed E-state index contributed by atoms with van der Waals surface area (Å²) in [6.07, 6.45) is 3.41. The quantitative estimate of drug-likeness (QED) is 0.917. The molecule has 3 nitrogen and oxygen atoms in total. The predicted molar refractivity (Wildman–Crippen MR) is 71.4 cm³/mol. The van der Waals surface area contributed by atoms with Crippen molar-refractivity contribution in [1.82, 2.24) is 0 Å². The van der Waals surface area contributed by atoms with E-state index in [1.54, 1.807) is 19.6 Å². The van der Waals surface area contributed by atoms with Crippen molar-refractivity contribution in [2.45, 2.75) is 13.0 Å². The molecule has 2 rings (SSSR count). The normalized spacial score (nSPS) is 12.2. The monoisotopic (exact) mass is 295 g/mol. The van der Waals surface area contributed by atoms with Gasteiger partial charge in [-0.15, -0.1) is 0 Å². The maximum atomic E-state index is 5.31. The predicted octanol–water partition coefficient (Wildman–Crippen LogP) is 4.22. The first-order chi connectivity index (χ1) is 8.20. The summed E-state index contributed by atoms with van der Waals surface area (Å²) in [5.41, 5.74) is 2.06. The molecule has 4 heteroatoms. The van der Waals surface area contributed by atoms with Gasteiger partial charge < -0.3 is 14.5 Å². The van der Waals surface area contributed by atoms with Crippen LogP contribution in [0.15, 0.2) is 45.7 Å². The number of hydrogen-bond donors (Lipinski definition) is 1. The van der Waals surface area contributed by atoms with Crippen molar-refractivity contribution < 1.29 is 9.15 Å². The van der Waals surface area contributed by atoms with Crippen molar-refractivity contribution in [3.05, 3.63) is 46.8 Å². The van der Waals surface area contributed by atoms with E-state index in [1.807, 2.05) is 24.3 Å². The topological polar surface area (TPSA) is 34.4 Å². The highest BCUT2D eigenvalue weighted by molar-refractivity contribution is 9.10. The molecule has 0 radical (unpaired) electrons. The number of anilines is 1. The minimum absolute atomic E-state index is 0.164. The number of benzene rings is 1. The van der Waals surface area contributed by atoms with Gasteiger partial charge in [-0.05, 0) is 31.2 Å². The number of methoxy groups -OCH3 is 1. The van der Waals surface area contributed by atoms with Crippen molar-refractivity contribution in [3.8, 4) is 5.75 Å². The fraction of sp³-hybridized carbons (Fsp3) is 0.231. The third-order valence-electron chi connectivity index (χ3n) is 2.58. The first-order valence-corrected chi connectivity index (χ1v) is 6.12. The third-order valence-corrected chi connectivity index (χ3v) is 3.07. The zero-order valence-electron chi connectivity index (χ0n) is 9.74. The Morgan fingerprint density at radius 2 is 2.18 bits per heavy atom. The summed E-state index contributed by atoms with van der Waals surface area (Å²) in [6, 6.07) is 7.98. The van der Waals surface area contributed by atoms with E-state index in [0.717, 1.165) is 21.5 Å². The number of ether oxygens (including phenoxy) is 1. The van der Waals surface area contributed by atoms with Gasteiger partial charge in [0.1, 0.15) is 5.75 Å². The van der Waals surface area contributed by atoms with Gasteiger partial charge in [0.15, 0.2) is 0 Å². The van der Waals surface area contributed by atoms with Crippen LogP contribution < -0.4 is 10.1 Å². The SMILES string of the molecule is COc1ccc(Br)cc1NC(C)c1ccoc1. The summed E-state index contributed by atoms with van der Waals surface area (Å²) in [7, 11) is 1.66. The molecule has 0 aliphatic carbocycles. The second-order valence-corrected chi connectivity index (χ2v) is 4.68. The highest BCUT2D eigenvalue weighted by Gasteiger charge is 2.10. The van der Waals surface area contributed by atoms with E-state index in [1.165, 1.54) is 0 Å². The van der Waals surface area contributed by atoms with Gasteiger partial charge in [0.05, 0.1) is 31.4 Å². The lowest BCUT2D eigenvalue weighted by Crippen LogP contribution is -2.06. The molecule has 1 aromatic heterocycles. The van der Waals surface area contributed by atoms with Gasteiger partial charge in [-0.2, -0.15) is 0 Å². The Morgan fingerprint density at radius 1 is 1.35 bits per heavy atom. The minimum Gasteiger partial charge on any atom is -0.495 e. The van der Waals surface area contributed by atoms with E-state index in [9.17, 15) is 0 Å². The molecular weight excluding hydrogens is 282 g/mol. The average molecular weight is 296 g/mol. The van der Waals surface area contributed by atoms with Crippen LogP contribution >= 0.6 is 15.9 Å². The van der Waals surface area contributed by atoms with Crippen molar-refractivity contribution in [2.24, 2.45) is 0 Å². The van der Waals surface area contributed by atoms with E-state index in [2.05, 4.69) is 28.2 Å². The third kappa shape index (κ3) is 2.82. The van der Waals surface area contributed by atoms with E-state index in [0.29, 0.717) is 0 Å². The molecule has 1 aromatic carbocycles. The van der Waals surface area contributed by atoms with Crippen molar-refractivity contribution in [2.75, 3.05) is 12.4 Å². The van der Waals surface area contributed by atoms with Crippen molar-refractivity contribution >= 4 is 21.6 Å². The second kappa shape index (κ2) is 5.27. The van der Waals surface area contributed by atoms with E-state index < -0.39 is 0 Å². The number of furan rings is 1. The van der Waals surface area contributed by atoms with Gasteiger partial charge in [0.2, 0.25) is 0 Å². The van der Waals surface area contributed by atoms with Crippen LogP contribution in [0.2, 0.25) is 0 Å². The van der Waals surface area contributed by atoms with Crippen LogP contribution in [0.5, 0.6) is 5.75 Å². The van der Waals surface area contributed by atoms with Crippen molar-refractivity contribution in [1.29, 1.82) is 0 Å². The van der Waals surface area contributed by atoms with Crippen LogP contribution in [0.3, 0.4) is 0 Å². The Hall–Kier alpha value is -1.42. The van der Waals surface area contributed by atoms with Crippen LogP contribution in [-0.4, -0.2) is 7.11 Å². The zero-order valence-corrected chi connectivity index (χ0v) is 11.3. The molecule has 0 fully saturated rings. The fourth-order valence-electron chi connectivity index (χ4n) is 1.63. The summed E-state index contributed by atoms with van der Waals surface area (Å²) < 4.78 is 11.4. The molecule has 0 amide bonds. The first-order valence-electron chi connectivity index (χ1n) is 5.33. The lowest BCUT2D eigenvalue weighted by atomic mass is 10.1. The maximum absolute atomic E-state index is 5.31. The highest BCUT2D eigenvalue weighted by Crippen LogP contribution is 2.31. The van der Waals surface area contributed by atoms with Gasteiger partial charge in [-0.3, -0.25) is 0 Å². The second-order valence-electron chi connectivity index (χ2n) is 3.77. The van der Waals surface area contributed by atoms with Crippen LogP contribution in [0.4, 0.5) is 5.69 Å². The number of rotatable bonds is 4. The lowest BCUT2D eigenvalue weighted by Gasteiger charge is -2.16. The average Bonchev–Trinajstić information content (AvgIpc) is 2.83. The van der Waals surface area contributed by atoms with Crippen LogP contribution in [-0.2, 0) is 0 Å². The van der Waals surface area contributed by atoms with E-state index in [4.69, 9.17) is 9.15 Å². The molecule has 0 aliphatic heterocycles. The number of nitrogens with one attached hydrogen (secondary N) is 1. The molecule has 0 bridgehead atoms. The van der Waals surface area contributed by atoms with Crippen LogP contribution in [0.25, 0.3) is 0 Å². The Morgan fingerprint density at radius 3 is 2.82 bits per heavy atom. The molecule has 0 saturated heterocycles. The lowest BCUT2D eigenvalue weighted by molar-refractivity contribution is 0.416. The van der Waals surface area contributed by atoms with E-state index >= 15 is 0 Å². The Labute approximate surface area is 109 Å². The van der Waals surface area contributed by atoms with Crippen molar-refractivity contribution in [3.63, 3.8) is 0 Å². The molecule has 0 aliphatic rings. The Kier molecular flexibility index (Phi) is 3.74. The molecular formula is C13H14BrNO2. The van der Waals surface area contributed by atoms with Crippen LogP contribution in [0, 0.1) is 0 Å². The molecule has 0 saturated carbocycles. The minimum atomic E-state index is 0.164. The molecule has 1 atom stereocenters. The summed E-state index contributed by atoms with van der Waals surface area (Å²) in [4.78, 5) is 0. The largest absolute Gasteiger partial charge is 0.495 e. The molecule has 2 aromatic rings. The Bertz CT molecular complexity index is 482. The zero-order chi connectivity index (χ0) is 12.3. The van der Waals surface area contributed by atoms with Gasteiger partial charge in [-0.25, -0.2) is 0 Å². The number of halogens is 1. The summed E-state index contributed by atoms with van der Waals surface area (Å²) in [5, 5.41) is 3.39. The van der Waals surface area contributed by atoms with Gasteiger partial charge in [-0.1, -0.05) is 15.9 Å². The summed E-state index contributed by atoms with van der Waals surface area (Å²) in [5.74, 6) is 0.823. The van der Waals surface area contributed by atoms with Crippen LogP contribution in [0.1, 0.15) is 18.5 Å². The molecule has 1 N–H and O–H groups in total. The van der Waals surface area contributed by atoms with Gasteiger partial charge >= 0.3 is 0 Å². The first kappa shape index (κ1) is 12.0. The smallest absolute Gasteiger partial charge is 0.142 e. The van der Waals surface area contributed by atoms with Gasteiger partial charge in [0.25, 0.3) is 0 Å². The van der Waals surface area contributed by atoms with Gasteiger partial charge in [0, 0.05) is 10.0 Å². The molecule has 90 valence electrons. The van der Waals surface area contributed by atoms with E-state index in [-0.39, 0.29) is 6.04 Å². The maximum Gasteiger partial charge on any atom is 0.142 e. The Balaban J connectivity index is 2.20. The molecule has 0 spiro atoms. The summed E-state index contributed by atoms with van der Waals surface area (Å²) >= 11 is 3.45. The molecule has 1 heterocycles. The number of hydrogen-bond acceptors (Lipinski definition) is 3. The fourth-order valence-corrected chi connectivity index (χ4v) is 1.99. The summed E-state index contributed by atoms with van der Waals surface area (Å²) in [6.45, 7) is 2.07. The molecule has 1 unspecified atom stereocenters. The standard InChI is InChI=1S/C13H14BrNO2/c1-9(10-5-6-17-8-10)15-12-7-11(14)3-4-13(12)16-2/h3-9,15H,1-2H3. The highest BCUT2D eigenvalue weighted by atomic mass is 79.9.